The van der Waals surface area contributed by atoms with E-state index in [0.717, 1.165) is 51.3 Å². The summed E-state index contributed by atoms with van der Waals surface area (Å²) in [6, 6.07) is 6.27. The summed E-state index contributed by atoms with van der Waals surface area (Å²) in [4.78, 5) is 17.3. The van der Waals surface area contributed by atoms with E-state index in [1.165, 1.54) is 16.5 Å². The lowest BCUT2D eigenvalue weighted by atomic mass is 9.78. The summed E-state index contributed by atoms with van der Waals surface area (Å²) >= 11 is 0. The van der Waals surface area contributed by atoms with Crippen LogP contribution in [0.4, 0.5) is 4.79 Å². The van der Waals surface area contributed by atoms with E-state index >= 15 is 0 Å². The zero-order valence-electron chi connectivity index (χ0n) is 16.6. The lowest BCUT2D eigenvalue weighted by molar-refractivity contribution is -0.188. The molecule has 2 fully saturated rings. The van der Waals surface area contributed by atoms with E-state index in [9.17, 15) is 4.79 Å². The molecule has 1 spiro atoms. The van der Waals surface area contributed by atoms with Crippen molar-refractivity contribution in [2.75, 3.05) is 60.0 Å². The van der Waals surface area contributed by atoms with Crippen LogP contribution in [0.15, 0.2) is 24.4 Å². The average molecular weight is 370 g/mol. The normalized spacial score (nSPS) is 18.7. The van der Waals surface area contributed by atoms with Gasteiger partial charge in [0.1, 0.15) is 0 Å². The molecule has 0 unspecified atom stereocenters. The van der Waals surface area contributed by atoms with Crippen molar-refractivity contribution in [3.63, 3.8) is 0 Å². The second-order valence-corrected chi connectivity index (χ2v) is 8.53. The summed E-state index contributed by atoms with van der Waals surface area (Å²) < 4.78 is 7.09. The highest BCUT2D eigenvalue weighted by Crippen LogP contribution is 2.36. The highest BCUT2D eigenvalue weighted by atomic mass is 16.5. The van der Waals surface area contributed by atoms with Crippen LogP contribution in [-0.4, -0.2) is 80.4 Å². The van der Waals surface area contributed by atoms with Crippen LogP contribution in [0.25, 0.3) is 10.9 Å². The molecular formula is C21H30N4O2. The lowest BCUT2D eigenvalue weighted by Gasteiger charge is -2.55. The standard InChI is InChI=1S/C21H30N4O2/c1-16-4-5-19-18(10-16)17(6-8-23(2)3)11-25(19)20(26)22-7-9-24-12-21(13-24)14-27-15-21/h4-5,10-11H,6-9,12-15H2,1-3H3,(H,22,26). The Labute approximate surface area is 161 Å². The van der Waals surface area contributed by atoms with E-state index < -0.39 is 0 Å². The number of likely N-dealkylation sites (N-methyl/N-ethyl adjacent to an activating group) is 1. The van der Waals surface area contributed by atoms with E-state index in [1.54, 1.807) is 4.57 Å². The predicted molar refractivity (Wildman–Crippen MR) is 107 cm³/mol. The molecule has 1 amide bonds. The summed E-state index contributed by atoms with van der Waals surface area (Å²) in [6.45, 7) is 8.65. The first-order valence-electron chi connectivity index (χ1n) is 9.79. The van der Waals surface area contributed by atoms with Crippen LogP contribution in [0.3, 0.4) is 0 Å². The Balaban J connectivity index is 1.40. The average Bonchev–Trinajstić information content (AvgIpc) is 2.91. The minimum absolute atomic E-state index is 0.0397. The number of amides is 1. The van der Waals surface area contributed by atoms with Crippen molar-refractivity contribution in [1.82, 2.24) is 19.7 Å². The maximum Gasteiger partial charge on any atom is 0.326 e. The van der Waals surface area contributed by atoms with E-state index in [-0.39, 0.29) is 6.03 Å². The van der Waals surface area contributed by atoms with Crippen molar-refractivity contribution < 1.29 is 9.53 Å². The molecular weight excluding hydrogens is 340 g/mol. The fraction of sp³-hybridized carbons (Fsp3) is 0.571. The van der Waals surface area contributed by atoms with Gasteiger partial charge in [-0.15, -0.1) is 0 Å². The SMILES string of the molecule is Cc1ccc2c(c1)c(CCN(C)C)cn2C(=O)NCCN1CC2(COC2)C1. The van der Waals surface area contributed by atoms with Crippen molar-refractivity contribution in [3.8, 4) is 0 Å². The topological polar surface area (TPSA) is 49.7 Å². The van der Waals surface area contributed by atoms with Crippen LogP contribution in [0.1, 0.15) is 11.1 Å². The van der Waals surface area contributed by atoms with E-state index in [1.807, 2.05) is 6.20 Å². The van der Waals surface area contributed by atoms with Gasteiger partial charge in [-0.05, 0) is 45.1 Å². The third-order valence-electron chi connectivity index (χ3n) is 5.73. The first-order valence-corrected chi connectivity index (χ1v) is 9.79. The molecule has 1 aromatic carbocycles. The number of likely N-dealkylation sites (tertiary alicyclic amines) is 1. The van der Waals surface area contributed by atoms with E-state index in [2.05, 4.69) is 54.3 Å². The second-order valence-electron chi connectivity index (χ2n) is 8.53. The fourth-order valence-corrected chi connectivity index (χ4v) is 4.16. The molecule has 1 aromatic heterocycles. The Morgan fingerprint density at radius 3 is 2.74 bits per heavy atom. The molecule has 3 heterocycles. The van der Waals surface area contributed by atoms with Gasteiger partial charge in [0.2, 0.25) is 0 Å². The number of hydrogen-bond donors (Lipinski definition) is 1. The molecule has 4 rings (SSSR count). The molecule has 0 bridgehead atoms. The first kappa shape index (κ1) is 18.5. The number of ether oxygens (including phenoxy) is 1. The number of aromatic nitrogens is 1. The molecule has 6 nitrogen and oxygen atoms in total. The van der Waals surface area contributed by atoms with Crippen LogP contribution in [0, 0.1) is 12.3 Å². The monoisotopic (exact) mass is 370 g/mol. The van der Waals surface area contributed by atoms with E-state index in [0.29, 0.717) is 12.0 Å². The number of fused-ring (bicyclic) bond motifs is 1. The van der Waals surface area contributed by atoms with Gasteiger partial charge in [-0.1, -0.05) is 11.6 Å². The number of benzene rings is 1. The van der Waals surface area contributed by atoms with E-state index in [4.69, 9.17) is 4.74 Å². The Kier molecular flexibility index (Phi) is 4.97. The van der Waals surface area contributed by atoms with Crippen LogP contribution in [0.2, 0.25) is 0 Å². The van der Waals surface area contributed by atoms with Gasteiger partial charge in [-0.25, -0.2) is 4.79 Å². The predicted octanol–water partition coefficient (Wildman–Crippen LogP) is 1.94. The van der Waals surface area contributed by atoms with Gasteiger partial charge in [0, 0.05) is 49.7 Å². The second kappa shape index (κ2) is 7.26. The number of rotatable bonds is 6. The lowest BCUT2D eigenvalue weighted by Crippen LogP contribution is -2.66. The number of carbonyl (C=O) groups is 1. The molecule has 2 aliphatic heterocycles. The van der Waals surface area contributed by atoms with Crippen LogP contribution in [0.5, 0.6) is 0 Å². The molecule has 0 radical (unpaired) electrons. The molecule has 2 aliphatic rings. The highest BCUT2D eigenvalue weighted by molar-refractivity contribution is 5.94. The zero-order chi connectivity index (χ0) is 19.0. The zero-order valence-corrected chi connectivity index (χ0v) is 16.6. The van der Waals surface area contributed by atoms with Gasteiger partial charge in [0.05, 0.1) is 18.7 Å². The van der Waals surface area contributed by atoms with Crippen molar-refractivity contribution in [2.45, 2.75) is 13.3 Å². The van der Waals surface area contributed by atoms with Crippen molar-refractivity contribution >= 4 is 16.9 Å². The Morgan fingerprint density at radius 1 is 1.30 bits per heavy atom. The van der Waals surface area contributed by atoms with Gasteiger partial charge >= 0.3 is 6.03 Å². The Morgan fingerprint density at radius 2 is 2.07 bits per heavy atom. The maximum absolute atomic E-state index is 12.8. The minimum atomic E-state index is -0.0397. The molecule has 0 aliphatic carbocycles. The summed E-state index contributed by atoms with van der Waals surface area (Å²) in [5, 5.41) is 4.27. The number of carbonyl (C=O) groups excluding carboxylic acids is 1. The van der Waals surface area contributed by atoms with Crippen molar-refractivity contribution in [3.05, 3.63) is 35.5 Å². The van der Waals surface area contributed by atoms with Gasteiger partial charge in [0.25, 0.3) is 0 Å². The summed E-state index contributed by atoms with van der Waals surface area (Å²) in [5.41, 5.74) is 3.87. The van der Waals surface area contributed by atoms with Gasteiger partial charge in [-0.3, -0.25) is 4.57 Å². The molecule has 2 saturated heterocycles. The Hall–Kier alpha value is -1.89. The summed E-state index contributed by atoms with van der Waals surface area (Å²) in [5.74, 6) is 0. The van der Waals surface area contributed by atoms with Gasteiger partial charge < -0.3 is 19.9 Å². The molecule has 0 atom stereocenters. The van der Waals surface area contributed by atoms with Crippen LogP contribution in [-0.2, 0) is 11.2 Å². The quantitative estimate of drug-likeness (QED) is 0.844. The maximum atomic E-state index is 12.8. The molecule has 0 saturated carbocycles. The molecule has 1 N–H and O–H groups in total. The minimum Gasteiger partial charge on any atom is -0.380 e. The molecule has 6 heteroatoms. The fourth-order valence-electron chi connectivity index (χ4n) is 4.16. The number of hydrogen-bond acceptors (Lipinski definition) is 4. The molecule has 2 aromatic rings. The van der Waals surface area contributed by atoms with Gasteiger partial charge in [0.15, 0.2) is 0 Å². The molecule has 27 heavy (non-hydrogen) atoms. The first-order chi connectivity index (χ1) is 13.0. The number of nitrogens with zero attached hydrogens (tertiary/aromatic N) is 3. The Bertz CT molecular complexity index is 830. The third kappa shape index (κ3) is 3.74. The summed E-state index contributed by atoms with van der Waals surface area (Å²) in [7, 11) is 4.15. The van der Waals surface area contributed by atoms with Crippen LogP contribution >= 0.6 is 0 Å². The van der Waals surface area contributed by atoms with Crippen LogP contribution < -0.4 is 5.32 Å². The third-order valence-corrected chi connectivity index (χ3v) is 5.73. The largest absolute Gasteiger partial charge is 0.380 e. The smallest absolute Gasteiger partial charge is 0.326 e. The highest BCUT2D eigenvalue weighted by Gasteiger charge is 2.48. The number of nitrogens with one attached hydrogen (secondary N) is 1. The van der Waals surface area contributed by atoms with Crippen molar-refractivity contribution in [1.29, 1.82) is 0 Å². The van der Waals surface area contributed by atoms with Gasteiger partial charge in [-0.2, -0.15) is 0 Å². The number of aryl methyl sites for hydroxylation is 1. The van der Waals surface area contributed by atoms with Crippen molar-refractivity contribution in [2.24, 2.45) is 5.41 Å². The molecule has 146 valence electrons. The summed E-state index contributed by atoms with van der Waals surface area (Å²) in [6.07, 6.45) is 2.94.